The number of nitrogens with two attached hydrogens (primary N) is 1. The van der Waals surface area contributed by atoms with Gasteiger partial charge in [-0.15, -0.1) is 0 Å². The number of piperazine rings is 1. The lowest BCUT2D eigenvalue weighted by Crippen LogP contribution is -2.49. The predicted octanol–water partition coefficient (Wildman–Crippen LogP) is 3.69. The Balaban J connectivity index is 1.22. The number of hydrogen-bond donors (Lipinski definition) is 4. The lowest BCUT2D eigenvalue weighted by atomic mass is 9.95. The first-order valence-electron chi connectivity index (χ1n) is 16.3. The molecule has 0 radical (unpaired) electrons. The first-order chi connectivity index (χ1) is 19.9. The van der Waals surface area contributed by atoms with Crippen LogP contribution in [0.15, 0.2) is 41.5 Å². The second-order valence-corrected chi connectivity index (χ2v) is 12.3. The highest BCUT2D eigenvalue weighted by molar-refractivity contribution is 5.80. The monoisotopic (exact) mass is 567 g/mol. The molecule has 3 unspecified atom stereocenters. The molecule has 1 heterocycles. The van der Waals surface area contributed by atoms with E-state index in [2.05, 4.69) is 77.4 Å². The number of rotatable bonds is 16. The average Bonchev–Trinajstić information content (AvgIpc) is 3.57. The van der Waals surface area contributed by atoms with Gasteiger partial charge >= 0.3 is 0 Å². The average molecular weight is 568 g/mol. The van der Waals surface area contributed by atoms with Crippen molar-refractivity contribution in [2.75, 3.05) is 59.0 Å². The van der Waals surface area contributed by atoms with E-state index >= 15 is 0 Å². The summed E-state index contributed by atoms with van der Waals surface area (Å²) in [5.74, 6) is 1.56. The molecule has 2 saturated carbocycles. The van der Waals surface area contributed by atoms with Crippen molar-refractivity contribution in [1.29, 1.82) is 0 Å². The molecule has 3 aliphatic rings. The van der Waals surface area contributed by atoms with E-state index in [1.54, 1.807) is 0 Å². The van der Waals surface area contributed by atoms with Gasteiger partial charge in [0.2, 0.25) is 0 Å². The summed E-state index contributed by atoms with van der Waals surface area (Å²) >= 11 is 0. The third-order valence-corrected chi connectivity index (χ3v) is 9.39. The Bertz CT molecular complexity index is 953. The van der Waals surface area contributed by atoms with Crippen molar-refractivity contribution in [2.45, 2.75) is 84.1 Å². The van der Waals surface area contributed by atoms with Crippen molar-refractivity contribution in [3.8, 4) is 0 Å². The summed E-state index contributed by atoms with van der Waals surface area (Å²) in [4.78, 5) is 10.2. The van der Waals surface area contributed by atoms with Crippen LogP contribution in [0.25, 0.3) is 0 Å². The number of benzene rings is 1. The molecule has 8 nitrogen and oxygen atoms in total. The van der Waals surface area contributed by atoms with Crippen LogP contribution in [0.3, 0.4) is 0 Å². The fourth-order valence-corrected chi connectivity index (χ4v) is 6.68. The Morgan fingerprint density at radius 1 is 1.05 bits per heavy atom. The maximum atomic E-state index is 6.25. The Hall–Kier alpha value is -1.97. The van der Waals surface area contributed by atoms with Gasteiger partial charge in [-0.1, -0.05) is 57.0 Å². The van der Waals surface area contributed by atoms with Crippen LogP contribution in [0.5, 0.6) is 0 Å². The number of ether oxygens (including phenoxy) is 1. The maximum Gasteiger partial charge on any atom is 0.124 e. The molecule has 0 bridgehead atoms. The van der Waals surface area contributed by atoms with Gasteiger partial charge in [0.1, 0.15) is 5.66 Å². The Morgan fingerprint density at radius 2 is 1.73 bits per heavy atom. The van der Waals surface area contributed by atoms with Crippen LogP contribution in [-0.4, -0.2) is 86.4 Å². The number of aliphatic imine (C=N–C) groups is 1. The molecule has 3 fully saturated rings. The molecule has 0 spiro atoms. The van der Waals surface area contributed by atoms with Gasteiger partial charge < -0.3 is 26.0 Å². The van der Waals surface area contributed by atoms with Gasteiger partial charge in [0.05, 0.1) is 12.4 Å². The van der Waals surface area contributed by atoms with Gasteiger partial charge in [-0.3, -0.25) is 10.2 Å². The van der Waals surface area contributed by atoms with E-state index in [1.807, 2.05) is 0 Å². The SMILES string of the molecule is C=C(N)C1C(C)C1(/N=C(\C)N1CCN(CCOCC)CC1)NCc1ccc(CNCCCNC2CCCCC2)cc1. The summed E-state index contributed by atoms with van der Waals surface area (Å²) in [6, 6.07) is 9.71. The molecule has 230 valence electrons. The molecule has 41 heavy (non-hydrogen) atoms. The van der Waals surface area contributed by atoms with Gasteiger partial charge in [0, 0.05) is 76.0 Å². The maximum absolute atomic E-state index is 6.25. The third-order valence-electron chi connectivity index (χ3n) is 9.39. The molecule has 1 aromatic rings. The van der Waals surface area contributed by atoms with Gasteiger partial charge in [0.25, 0.3) is 0 Å². The summed E-state index contributed by atoms with van der Waals surface area (Å²) in [6.07, 6.45) is 8.09. The molecular formula is C33H57N7O. The first-order valence-corrected chi connectivity index (χ1v) is 16.3. The van der Waals surface area contributed by atoms with E-state index in [4.69, 9.17) is 15.5 Å². The molecule has 4 rings (SSSR count). The van der Waals surface area contributed by atoms with E-state index in [1.165, 1.54) is 49.7 Å². The van der Waals surface area contributed by atoms with Crippen molar-refractivity contribution in [2.24, 2.45) is 22.6 Å². The smallest absolute Gasteiger partial charge is 0.124 e. The summed E-state index contributed by atoms with van der Waals surface area (Å²) < 4.78 is 5.54. The minimum absolute atomic E-state index is 0.154. The quantitative estimate of drug-likeness (QED) is 0.138. The topological polar surface area (TPSA) is 90.2 Å². The minimum atomic E-state index is -0.381. The zero-order chi connectivity index (χ0) is 29.1. The molecule has 2 aliphatic carbocycles. The van der Waals surface area contributed by atoms with Crippen LogP contribution in [0.1, 0.15) is 70.4 Å². The number of amidine groups is 1. The van der Waals surface area contributed by atoms with Gasteiger partial charge in [-0.25, -0.2) is 4.99 Å². The molecular weight excluding hydrogens is 510 g/mol. The van der Waals surface area contributed by atoms with E-state index in [0.717, 1.165) is 89.7 Å². The molecule has 8 heteroatoms. The third kappa shape index (κ3) is 9.26. The van der Waals surface area contributed by atoms with Crippen LogP contribution >= 0.6 is 0 Å². The summed E-state index contributed by atoms with van der Waals surface area (Å²) in [7, 11) is 0. The van der Waals surface area contributed by atoms with Crippen LogP contribution < -0.4 is 21.7 Å². The fourth-order valence-electron chi connectivity index (χ4n) is 6.68. The standard InChI is InChI=1S/C33H57N7O/c1-5-41-23-22-39-18-20-40(21-19-39)28(4)38-33(26(2)32(33)27(3)34)37-25-30-14-12-29(13-15-30)24-35-16-9-17-36-31-10-7-6-8-11-31/h12-15,26,31-32,35-37H,3,5-11,16-25,34H2,1-2,4H3/b38-28+. The Kier molecular flexibility index (Phi) is 12.5. The van der Waals surface area contributed by atoms with E-state index in [9.17, 15) is 0 Å². The predicted molar refractivity (Wildman–Crippen MR) is 171 cm³/mol. The van der Waals surface area contributed by atoms with Gasteiger partial charge in [-0.05, 0) is 57.3 Å². The van der Waals surface area contributed by atoms with E-state index in [0.29, 0.717) is 5.92 Å². The summed E-state index contributed by atoms with van der Waals surface area (Å²) in [5, 5.41) is 11.1. The van der Waals surface area contributed by atoms with Crippen LogP contribution in [0.4, 0.5) is 0 Å². The van der Waals surface area contributed by atoms with Crippen LogP contribution in [0, 0.1) is 11.8 Å². The molecule has 1 aromatic carbocycles. The van der Waals surface area contributed by atoms with Gasteiger partial charge in [0.15, 0.2) is 0 Å². The highest BCUT2D eigenvalue weighted by Crippen LogP contribution is 2.54. The number of nitrogens with one attached hydrogen (secondary N) is 3. The summed E-state index contributed by atoms with van der Waals surface area (Å²) in [6.45, 7) is 21.0. The normalized spacial score (nSPS) is 25.9. The van der Waals surface area contributed by atoms with Crippen molar-refractivity contribution in [1.82, 2.24) is 25.8 Å². The van der Waals surface area contributed by atoms with Crippen LogP contribution in [-0.2, 0) is 17.8 Å². The first kappa shape index (κ1) is 32.0. The Labute approximate surface area is 249 Å². The highest BCUT2D eigenvalue weighted by atomic mass is 16.5. The number of hydrogen-bond acceptors (Lipinski definition) is 7. The molecule has 3 atom stereocenters. The second kappa shape index (κ2) is 16.0. The fraction of sp³-hybridized carbons (Fsp3) is 0.727. The lowest BCUT2D eigenvalue weighted by molar-refractivity contribution is 0.0958. The largest absolute Gasteiger partial charge is 0.402 e. The highest BCUT2D eigenvalue weighted by Gasteiger charge is 2.63. The van der Waals surface area contributed by atoms with E-state index < -0.39 is 0 Å². The van der Waals surface area contributed by atoms with Crippen LogP contribution in [0.2, 0.25) is 0 Å². The van der Waals surface area contributed by atoms with Crippen molar-refractivity contribution in [3.05, 3.63) is 47.7 Å². The van der Waals surface area contributed by atoms with Gasteiger partial charge in [-0.2, -0.15) is 0 Å². The zero-order valence-electron chi connectivity index (χ0n) is 26.1. The van der Waals surface area contributed by atoms with Crippen molar-refractivity contribution < 1.29 is 4.74 Å². The molecule has 0 amide bonds. The Morgan fingerprint density at radius 3 is 2.37 bits per heavy atom. The number of nitrogens with zero attached hydrogens (tertiary/aromatic N) is 3. The molecule has 5 N–H and O–H groups in total. The molecule has 0 aromatic heterocycles. The van der Waals surface area contributed by atoms with Crippen molar-refractivity contribution >= 4 is 5.84 Å². The summed E-state index contributed by atoms with van der Waals surface area (Å²) in [5.41, 5.74) is 9.18. The molecule has 1 aliphatic heterocycles. The minimum Gasteiger partial charge on any atom is -0.402 e. The van der Waals surface area contributed by atoms with Crippen molar-refractivity contribution in [3.63, 3.8) is 0 Å². The van der Waals surface area contributed by atoms with E-state index in [-0.39, 0.29) is 11.6 Å². The molecule has 1 saturated heterocycles. The lowest BCUT2D eigenvalue weighted by Gasteiger charge is -2.36. The zero-order valence-corrected chi connectivity index (χ0v) is 26.1. The second-order valence-electron chi connectivity index (χ2n) is 12.3.